The molecular weight excluding hydrogens is 224 g/mol. The van der Waals surface area contributed by atoms with Gasteiger partial charge in [0.25, 0.3) is 0 Å². The third kappa shape index (κ3) is 2.77. The highest BCUT2D eigenvalue weighted by Crippen LogP contribution is 2.31. The topological polar surface area (TPSA) is 26.3 Å². The second-order valence-electron chi connectivity index (χ2n) is 4.39. The van der Waals surface area contributed by atoms with Crippen molar-refractivity contribution in [1.82, 2.24) is 0 Å². The number of hydrogen-bond donors (Lipinski definition) is 0. The Morgan fingerprint density at radius 1 is 1.17 bits per heavy atom. The highest BCUT2D eigenvalue weighted by molar-refractivity contribution is 5.68. The fraction of sp³-hybridized carbons (Fsp3) is 0.188. The first kappa shape index (κ1) is 12.4. The van der Waals surface area contributed by atoms with Crippen molar-refractivity contribution in [2.24, 2.45) is 0 Å². The van der Waals surface area contributed by atoms with Crippen molar-refractivity contribution < 1.29 is 9.53 Å². The Balaban J connectivity index is 2.27. The number of carbonyl (C=O) groups is 1. The molecule has 0 saturated carbocycles. The predicted molar refractivity (Wildman–Crippen MR) is 73.7 cm³/mol. The molecule has 0 N–H and O–H groups in total. The minimum absolute atomic E-state index is 0.572. The summed E-state index contributed by atoms with van der Waals surface area (Å²) in [6.07, 6.45) is 9.87. The van der Waals surface area contributed by atoms with Crippen LogP contribution >= 0.6 is 0 Å². The van der Waals surface area contributed by atoms with Gasteiger partial charge >= 0.3 is 0 Å². The number of hydrogen-bond acceptors (Lipinski definition) is 2. The standard InChI is InChI=1S/C16H16O2/c1-12-8-13(2)16-15(9-12)10-14(11-18-16)6-4-3-5-7-17/h3-10H,11H2,1-2H3/b5-3+,6-4+. The van der Waals surface area contributed by atoms with Gasteiger partial charge in [0.15, 0.2) is 0 Å². The van der Waals surface area contributed by atoms with Crippen molar-refractivity contribution in [2.75, 3.05) is 6.61 Å². The second kappa shape index (κ2) is 5.50. The molecule has 1 aliphatic rings. The Morgan fingerprint density at radius 2 is 2.00 bits per heavy atom. The summed E-state index contributed by atoms with van der Waals surface area (Å²) in [5.74, 6) is 0.973. The van der Waals surface area contributed by atoms with Crippen LogP contribution in [0.3, 0.4) is 0 Å². The summed E-state index contributed by atoms with van der Waals surface area (Å²) < 4.78 is 5.77. The zero-order valence-electron chi connectivity index (χ0n) is 10.6. The second-order valence-corrected chi connectivity index (χ2v) is 4.39. The molecule has 0 radical (unpaired) electrons. The summed E-state index contributed by atoms with van der Waals surface area (Å²) in [5, 5.41) is 0. The summed E-state index contributed by atoms with van der Waals surface area (Å²) in [4.78, 5) is 10.1. The summed E-state index contributed by atoms with van der Waals surface area (Å²) in [6.45, 7) is 4.72. The van der Waals surface area contributed by atoms with Crippen LogP contribution in [0.4, 0.5) is 0 Å². The van der Waals surface area contributed by atoms with Crippen LogP contribution in [0, 0.1) is 13.8 Å². The third-order valence-electron chi connectivity index (χ3n) is 2.78. The molecule has 0 spiro atoms. The molecule has 0 saturated heterocycles. The normalized spacial score (nSPS) is 14.4. The van der Waals surface area contributed by atoms with Crippen molar-refractivity contribution in [3.05, 3.63) is 58.7 Å². The van der Waals surface area contributed by atoms with Crippen molar-refractivity contribution in [1.29, 1.82) is 0 Å². The van der Waals surface area contributed by atoms with Gasteiger partial charge in [-0.2, -0.15) is 0 Å². The van der Waals surface area contributed by atoms with Crippen LogP contribution in [0.5, 0.6) is 5.75 Å². The van der Waals surface area contributed by atoms with E-state index in [-0.39, 0.29) is 0 Å². The largest absolute Gasteiger partial charge is 0.488 e. The maximum Gasteiger partial charge on any atom is 0.142 e. The van der Waals surface area contributed by atoms with E-state index in [2.05, 4.69) is 32.1 Å². The Bertz CT molecular complexity index is 548. The SMILES string of the molecule is Cc1cc(C)c2c(c1)C=C(/C=C/C=C/C=O)CO2. The van der Waals surface area contributed by atoms with E-state index in [1.165, 1.54) is 17.2 Å². The number of aldehydes is 1. The lowest BCUT2D eigenvalue weighted by Crippen LogP contribution is -2.07. The van der Waals surface area contributed by atoms with Gasteiger partial charge in [-0.05, 0) is 43.2 Å². The van der Waals surface area contributed by atoms with Crippen molar-refractivity contribution >= 4 is 12.4 Å². The number of ether oxygens (including phenoxy) is 1. The van der Waals surface area contributed by atoms with Gasteiger partial charge in [0.05, 0.1) is 0 Å². The van der Waals surface area contributed by atoms with E-state index in [1.807, 2.05) is 12.2 Å². The minimum Gasteiger partial charge on any atom is -0.488 e. The predicted octanol–water partition coefficient (Wildman–Crippen LogP) is 3.39. The molecule has 18 heavy (non-hydrogen) atoms. The first-order chi connectivity index (χ1) is 8.70. The van der Waals surface area contributed by atoms with Crippen molar-refractivity contribution in [3.63, 3.8) is 0 Å². The van der Waals surface area contributed by atoms with E-state index in [0.29, 0.717) is 6.61 Å². The fourth-order valence-corrected chi connectivity index (χ4v) is 2.07. The monoisotopic (exact) mass is 240 g/mol. The molecule has 0 fully saturated rings. The van der Waals surface area contributed by atoms with Crippen LogP contribution in [0.25, 0.3) is 6.08 Å². The number of allylic oxidation sites excluding steroid dienone is 3. The summed E-state index contributed by atoms with van der Waals surface area (Å²) in [7, 11) is 0. The molecule has 92 valence electrons. The Hall–Kier alpha value is -2.09. The van der Waals surface area contributed by atoms with Crippen molar-refractivity contribution in [2.45, 2.75) is 13.8 Å². The van der Waals surface area contributed by atoms with Crippen LogP contribution < -0.4 is 4.74 Å². The van der Waals surface area contributed by atoms with Crippen molar-refractivity contribution in [3.8, 4) is 5.75 Å². The molecule has 0 bridgehead atoms. The summed E-state index contributed by atoms with van der Waals surface area (Å²) in [5.41, 5.74) is 4.63. The average Bonchev–Trinajstić information content (AvgIpc) is 2.34. The van der Waals surface area contributed by atoms with Gasteiger partial charge < -0.3 is 4.74 Å². The number of carbonyl (C=O) groups excluding carboxylic acids is 1. The highest BCUT2D eigenvalue weighted by atomic mass is 16.5. The van der Waals surface area contributed by atoms with Gasteiger partial charge in [-0.15, -0.1) is 0 Å². The fourth-order valence-electron chi connectivity index (χ4n) is 2.07. The summed E-state index contributed by atoms with van der Waals surface area (Å²) in [6, 6.07) is 4.25. The molecule has 0 unspecified atom stereocenters. The lowest BCUT2D eigenvalue weighted by molar-refractivity contribution is -0.104. The lowest BCUT2D eigenvalue weighted by Gasteiger charge is -2.18. The van der Waals surface area contributed by atoms with E-state index in [1.54, 1.807) is 6.08 Å². The first-order valence-corrected chi connectivity index (χ1v) is 5.94. The molecule has 0 aliphatic carbocycles. The molecule has 0 amide bonds. The van der Waals surface area contributed by atoms with Gasteiger partial charge in [0.1, 0.15) is 18.6 Å². The number of aryl methyl sites for hydroxylation is 2. The van der Waals surface area contributed by atoms with Gasteiger partial charge in [-0.3, -0.25) is 4.79 Å². The smallest absolute Gasteiger partial charge is 0.142 e. The Kier molecular flexibility index (Phi) is 3.78. The zero-order valence-corrected chi connectivity index (χ0v) is 10.6. The van der Waals surface area contributed by atoms with E-state index < -0.39 is 0 Å². The molecule has 0 aromatic heterocycles. The van der Waals surface area contributed by atoms with E-state index in [4.69, 9.17) is 4.74 Å². The first-order valence-electron chi connectivity index (χ1n) is 5.94. The molecular formula is C16H16O2. The molecule has 2 heteroatoms. The molecule has 1 aromatic carbocycles. The van der Waals surface area contributed by atoms with Crippen LogP contribution in [0.1, 0.15) is 16.7 Å². The summed E-state index contributed by atoms with van der Waals surface area (Å²) >= 11 is 0. The highest BCUT2D eigenvalue weighted by Gasteiger charge is 2.12. The van der Waals surface area contributed by atoms with Gasteiger partial charge in [0, 0.05) is 5.56 Å². The maximum atomic E-state index is 10.1. The minimum atomic E-state index is 0.572. The maximum absolute atomic E-state index is 10.1. The lowest BCUT2D eigenvalue weighted by atomic mass is 10.0. The van der Waals surface area contributed by atoms with Gasteiger partial charge in [-0.25, -0.2) is 0 Å². The molecule has 1 aromatic rings. The zero-order chi connectivity index (χ0) is 13.0. The molecule has 1 aliphatic heterocycles. The van der Waals surface area contributed by atoms with Gasteiger partial charge in [-0.1, -0.05) is 29.9 Å². The average molecular weight is 240 g/mol. The number of benzene rings is 1. The van der Waals surface area contributed by atoms with Crippen LogP contribution in [-0.4, -0.2) is 12.9 Å². The Labute approximate surface area is 107 Å². The number of rotatable bonds is 3. The van der Waals surface area contributed by atoms with E-state index in [0.717, 1.165) is 23.2 Å². The van der Waals surface area contributed by atoms with Crippen LogP contribution in [0.2, 0.25) is 0 Å². The quantitative estimate of drug-likeness (QED) is 0.460. The Morgan fingerprint density at radius 3 is 2.78 bits per heavy atom. The third-order valence-corrected chi connectivity index (χ3v) is 2.78. The molecule has 1 heterocycles. The van der Waals surface area contributed by atoms with E-state index in [9.17, 15) is 4.79 Å². The molecule has 2 rings (SSSR count). The van der Waals surface area contributed by atoms with Gasteiger partial charge in [0.2, 0.25) is 0 Å². The van der Waals surface area contributed by atoms with Crippen LogP contribution in [-0.2, 0) is 4.79 Å². The molecule has 0 atom stereocenters. The number of fused-ring (bicyclic) bond motifs is 1. The van der Waals surface area contributed by atoms with E-state index >= 15 is 0 Å². The molecule has 2 nitrogen and oxygen atoms in total. The van der Waals surface area contributed by atoms with Crippen LogP contribution in [0.15, 0.2) is 42.0 Å².